The molecule has 0 aliphatic rings. The van der Waals surface area contributed by atoms with Crippen molar-refractivity contribution < 1.29 is 0 Å². The van der Waals surface area contributed by atoms with Crippen LogP contribution in [-0.2, 0) is 13.6 Å². The van der Waals surface area contributed by atoms with Gasteiger partial charge in [-0.05, 0) is 30.7 Å². The number of thiophene rings is 1. The maximum atomic E-state index is 5.94. The van der Waals surface area contributed by atoms with Gasteiger partial charge in [0.05, 0.1) is 17.6 Å². The highest BCUT2D eigenvalue weighted by molar-refractivity contribution is 7.18. The first-order valence-corrected chi connectivity index (χ1v) is 6.97. The molecule has 3 heterocycles. The van der Waals surface area contributed by atoms with Gasteiger partial charge in [-0.15, -0.1) is 11.3 Å². The second kappa shape index (κ2) is 4.79. The minimum atomic E-state index is 0.262. The van der Waals surface area contributed by atoms with E-state index in [2.05, 4.69) is 26.4 Å². The van der Waals surface area contributed by atoms with Crippen LogP contribution in [0.25, 0.3) is 10.2 Å². The number of hydrogen-bond acceptors (Lipinski definition) is 5. The molecule has 5 nitrogen and oxygen atoms in total. The van der Waals surface area contributed by atoms with Gasteiger partial charge < -0.3 is 5.32 Å². The second-order valence-electron chi connectivity index (χ2n) is 4.25. The summed E-state index contributed by atoms with van der Waals surface area (Å²) < 4.78 is 1.77. The molecule has 0 fully saturated rings. The Hall–Kier alpha value is -1.66. The fourth-order valence-corrected chi connectivity index (χ4v) is 2.98. The van der Waals surface area contributed by atoms with Gasteiger partial charge in [-0.25, -0.2) is 9.97 Å². The average molecular weight is 294 g/mol. The monoisotopic (exact) mass is 293 g/mol. The van der Waals surface area contributed by atoms with Crippen LogP contribution in [0.3, 0.4) is 0 Å². The number of aryl methyl sites for hydroxylation is 2. The van der Waals surface area contributed by atoms with E-state index in [0.29, 0.717) is 6.54 Å². The molecule has 0 atom stereocenters. The van der Waals surface area contributed by atoms with Gasteiger partial charge in [0.15, 0.2) is 0 Å². The summed E-state index contributed by atoms with van der Waals surface area (Å²) in [5.74, 6) is 0.755. The van der Waals surface area contributed by atoms with Crippen LogP contribution in [0.15, 0.2) is 18.3 Å². The minimum Gasteiger partial charge on any atom is -0.364 e. The molecule has 0 aliphatic carbocycles. The largest absolute Gasteiger partial charge is 0.364 e. The molecular weight excluding hydrogens is 282 g/mol. The van der Waals surface area contributed by atoms with Crippen molar-refractivity contribution >= 4 is 39.0 Å². The number of hydrogen-bond donors (Lipinski definition) is 1. The highest BCUT2D eigenvalue weighted by Crippen LogP contribution is 2.29. The summed E-state index contributed by atoms with van der Waals surface area (Å²) in [5.41, 5.74) is 0.956. The van der Waals surface area contributed by atoms with E-state index < -0.39 is 0 Å². The highest BCUT2D eigenvalue weighted by atomic mass is 35.5. The summed E-state index contributed by atoms with van der Waals surface area (Å²) in [6.07, 6.45) is 1.91. The molecule has 0 bridgehead atoms. The predicted molar refractivity (Wildman–Crippen MR) is 77.7 cm³/mol. The van der Waals surface area contributed by atoms with E-state index in [1.807, 2.05) is 26.2 Å². The van der Waals surface area contributed by atoms with Crippen molar-refractivity contribution in [2.75, 3.05) is 5.32 Å². The zero-order valence-corrected chi connectivity index (χ0v) is 12.1. The molecule has 1 N–H and O–H groups in total. The Morgan fingerprint density at radius 1 is 1.42 bits per heavy atom. The summed E-state index contributed by atoms with van der Waals surface area (Å²) in [5, 5.41) is 8.85. The molecule has 3 rings (SSSR count). The Balaban J connectivity index is 1.91. The third-order valence-corrected chi connectivity index (χ3v) is 3.81. The zero-order valence-electron chi connectivity index (χ0n) is 10.5. The van der Waals surface area contributed by atoms with Gasteiger partial charge >= 0.3 is 0 Å². The SMILES string of the molecule is Cc1cc2c(NCc3ccn(C)n3)nc(Cl)nc2s1. The molecule has 98 valence electrons. The second-order valence-corrected chi connectivity index (χ2v) is 5.82. The average Bonchev–Trinajstić information content (AvgIpc) is 2.91. The fraction of sp³-hybridized carbons (Fsp3) is 0.250. The van der Waals surface area contributed by atoms with Gasteiger partial charge in [0.25, 0.3) is 0 Å². The van der Waals surface area contributed by atoms with Crippen LogP contribution in [0, 0.1) is 6.92 Å². The van der Waals surface area contributed by atoms with Crippen molar-refractivity contribution in [2.45, 2.75) is 13.5 Å². The first-order valence-electron chi connectivity index (χ1n) is 5.78. The van der Waals surface area contributed by atoms with E-state index in [-0.39, 0.29) is 5.28 Å². The Morgan fingerprint density at radius 3 is 3.00 bits per heavy atom. The summed E-state index contributed by atoms with van der Waals surface area (Å²) in [6, 6.07) is 4.03. The molecule has 0 aliphatic heterocycles. The smallest absolute Gasteiger partial charge is 0.225 e. The number of halogens is 1. The molecule has 0 radical (unpaired) electrons. The summed E-state index contributed by atoms with van der Waals surface area (Å²) in [7, 11) is 1.89. The number of fused-ring (bicyclic) bond motifs is 1. The van der Waals surface area contributed by atoms with E-state index in [0.717, 1.165) is 21.7 Å². The molecular formula is C12H12ClN5S. The molecule has 3 aromatic rings. The molecule has 0 aromatic carbocycles. The quantitative estimate of drug-likeness (QED) is 0.754. The number of aromatic nitrogens is 4. The van der Waals surface area contributed by atoms with Crippen molar-refractivity contribution in [1.82, 2.24) is 19.7 Å². The molecule has 0 unspecified atom stereocenters. The van der Waals surface area contributed by atoms with Gasteiger partial charge in [0, 0.05) is 18.1 Å². The van der Waals surface area contributed by atoms with Crippen molar-refractivity contribution in [1.29, 1.82) is 0 Å². The van der Waals surface area contributed by atoms with Crippen LogP contribution >= 0.6 is 22.9 Å². The standard InChI is InChI=1S/C12H12ClN5S/c1-7-5-9-10(15-12(13)16-11(9)19-7)14-6-8-3-4-18(2)17-8/h3-5H,6H2,1-2H3,(H,14,15,16). The first-order chi connectivity index (χ1) is 9.11. The molecule has 7 heteroatoms. The van der Waals surface area contributed by atoms with E-state index in [4.69, 9.17) is 11.6 Å². The Bertz CT molecular complexity index is 733. The Labute approximate surface area is 119 Å². The van der Waals surface area contributed by atoms with Gasteiger partial charge in [0.2, 0.25) is 5.28 Å². The van der Waals surface area contributed by atoms with Crippen molar-refractivity contribution in [2.24, 2.45) is 7.05 Å². The van der Waals surface area contributed by atoms with Gasteiger partial charge in [-0.3, -0.25) is 4.68 Å². The topological polar surface area (TPSA) is 55.6 Å². The lowest BCUT2D eigenvalue weighted by atomic mass is 10.3. The van der Waals surface area contributed by atoms with Gasteiger partial charge in [-0.1, -0.05) is 0 Å². The lowest BCUT2D eigenvalue weighted by Gasteiger charge is -2.05. The summed E-state index contributed by atoms with van der Waals surface area (Å²) >= 11 is 7.55. The maximum absolute atomic E-state index is 5.94. The molecule has 0 saturated heterocycles. The molecule has 0 spiro atoms. The van der Waals surface area contributed by atoms with E-state index in [1.165, 1.54) is 4.88 Å². The van der Waals surface area contributed by atoms with Crippen molar-refractivity contribution in [3.8, 4) is 0 Å². The number of rotatable bonds is 3. The normalized spacial score (nSPS) is 11.1. The molecule has 0 saturated carbocycles. The Kier molecular flexibility index (Phi) is 3.12. The van der Waals surface area contributed by atoms with Crippen LogP contribution < -0.4 is 5.32 Å². The lowest BCUT2D eigenvalue weighted by molar-refractivity contribution is 0.747. The first kappa shape index (κ1) is 12.4. The highest BCUT2D eigenvalue weighted by Gasteiger charge is 2.09. The summed E-state index contributed by atoms with van der Waals surface area (Å²) in [6.45, 7) is 2.65. The van der Waals surface area contributed by atoms with Gasteiger partial charge in [-0.2, -0.15) is 5.10 Å². The Morgan fingerprint density at radius 2 is 2.26 bits per heavy atom. The van der Waals surface area contributed by atoms with Crippen LogP contribution in [0.2, 0.25) is 5.28 Å². The van der Waals surface area contributed by atoms with Crippen LogP contribution in [0.5, 0.6) is 0 Å². The molecule has 19 heavy (non-hydrogen) atoms. The number of nitrogens with one attached hydrogen (secondary N) is 1. The zero-order chi connectivity index (χ0) is 13.4. The van der Waals surface area contributed by atoms with Crippen LogP contribution in [-0.4, -0.2) is 19.7 Å². The fourth-order valence-electron chi connectivity index (χ4n) is 1.88. The van der Waals surface area contributed by atoms with Crippen molar-refractivity contribution in [3.63, 3.8) is 0 Å². The van der Waals surface area contributed by atoms with Crippen molar-refractivity contribution in [3.05, 3.63) is 34.2 Å². The van der Waals surface area contributed by atoms with E-state index in [1.54, 1.807) is 16.0 Å². The third kappa shape index (κ3) is 2.54. The van der Waals surface area contributed by atoms with E-state index >= 15 is 0 Å². The molecule has 3 aromatic heterocycles. The van der Waals surface area contributed by atoms with E-state index in [9.17, 15) is 0 Å². The van der Waals surface area contributed by atoms with Crippen LogP contribution in [0.1, 0.15) is 10.6 Å². The lowest BCUT2D eigenvalue weighted by Crippen LogP contribution is -2.03. The number of nitrogens with zero attached hydrogens (tertiary/aromatic N) is 4. The third-order valence-electron chi connectivity index (χ3n) is 2.69. The number of anilines is 1. The summed E-state index contributed by atoms with van der Waals surface area (Å²) in [4.78, 5) is 10.6. The predicted octanol–water partition coefficient (Wildman–Crippen LogP) is 3.00. The minimum absolute atomic E-state index is 0.262. The molecule has 0 amide bonds. The van der Waals surface area contributed by atoms with Gasteiger partial charge in [0.1, 0.15) is 10.6 Å². The maximum Gasteiger partial charge on any atom is 0.225 e. The van der Waals surface area contributed by atoms with Crippen LogP contribution in [0.4, 0.5) is 5.82 Å².